The molecule has 8 nitrogen and oxygen atoms in total. The van der Waals surface area contributed by atoms with Gasteiger partial charge in [0.05, 0.1) is 22.2 Å². The molecule has 0 aliphatic carbocycles. The minimum absolute atomic E-state index is 0.0895. The Morgan fingerprint density at radius 1 is 1.23 bits per heavy atom. The highest BCUT2D eigenvalue weighted by Gasteiger charge is 2.40. The first-order valence-electron chi connectivity index (χ1n) is 8.66. The minimum Gasteiger partial charge on any atom is -0.330 e. The monoisotopic (exact) mass is 454 g/mol. The van der Waals surface area contributed by atoms with Crippen molar-refractivity contribution in [3.8, 4) is 0 Å². The van der Waals surface area contributed by atoms with Crippen molar-refractivity contribution < 1.29 is 27.7 Å². The van der Waals surface area contributed by atoms with E-state index in [9.17, 15) is 32.9 Å². The number of nitro benzene ring substituents is 1. The van der Waals surface area contributed by atoms with Crippen LogP contribution in [0.5, 0.6) is 0 Å². The van der Waals surface area contributed by atoms with Crippen LogP contribution in [-0.2, 0) is 11.0 Å². The summed E-state index contributed by atoms with van der Waals surface area (Å²) in [7, 11) is 0. The summed E-state index contributed by atoms with van der Waals surface area (Å²) >= 11 is 5.81. The number of amides is 3. The maximum atomic E-state index is 13.3. The van der Waals surface area contributed by atoms with E-state index in [0.717, 1.165) is 18.2 Å². The predicted molar refractivity (Wildman–Crippen MR) is 105 cm³/mol. The number of nitro groups is 1. The summed E-state index contributed by atoms with van der Waals surface area (Å²) in [5.74, 6) is -2.18. The fourth-order valence-electron chi connectivity index (χ4n) is 3.18. The summed E-state index contributed by atoms with van der Waals surface area (Å²) < 4.78 is 39.8. The zero-order valence-corrected chi connectivity index (χ0v) is 16.3. The Labute approximate surface area is 178 Å². The zero-order valence-electron chi connectivity index (χ0n) is 15.5. The molecular formula is C19H14ClF3N4O4. The first-order valence-corrected chi connectivity index (χ1v) is 9.04. The first-order chi connectivity index (χ1) is 14.5. The summed E-state index contributed by atoms with van der Waals surface area (Å²) in [5.41, 5.74) is -1.94. The second-order valence-corrected chi connectivity index (χ2v) is 6.99. The average Bonchev–Trinajstić information content (AvgIpc) is 2.67. The van der Waals surface area contributed by atoms with Crippen molar-refractivity contribution in [3.63, 3.8) is 0 Å². The predicted octanol–water partition coefficient (Wildman–Crippen LogP) is 4.39. The minimum atomic E-state index is -4.71. The van der Waals surface area contributed by atoms with E-state index in [4.69, 9.17) is 11.6 Å². The lowest BCUT2D eigenvalue weighted by Crippen LogP contribution is -2.51. The van der Waals surface area contributed by atoms with Crippen LogP contribution in [0.15, 0.2) is 54.7 Å². The number of nitrogens with zero attached hydrogens (tertiary/aromatic N) is 1. The lowest BCUT2D eigenvalue weighted by Gasteiger charge is -2.34. The summed E-state index contributed by atoms with van der Waals surface area (Å²) in [4.78, 5) is 35.3. The van der Waals surface area contributed by atoms with Gasteiger partial charge in [0.1, 0.15) is 10.9 Å². The number of hydrogen-bond acceptors (Lipinski definition) is 4. The molecule has 0 bridgehead atoms. The molecule has 0 saturated carbocycles. The van der Waals surface area contributed by atoms with Crippen molar-refractivity contribution in [2.45, 2.75) is 12.2 Å². The van der Waals surface area contributed by atoms with Crippen molar-refractivity contribution in [2.24, 2.45) is 5.92 Å². The SMILES string of the molecule is C=C1NC(=O)N[C@H](c2ccc(Cl)c([N+](=O)[O-])c2)[C@H]1C(=O)Nc1ccccc1C(F)(F)F. The maximum absolute atomic E-state index is 13.3. The van der Waals surface area contributed by atoms with Crippen LogP contribution < -0.4 is 16.0 Å². The summed E-state index contributed by atoms with van der Waals surface area (Å²) in [6.45, 7) is 3.62. The molecule has 162 valence electrons. The number of halogens is 4. The van der Waals surface area contributed by atoms with Crippen LogP contribution in [0.4, 0.5) is 29.3 Å². The molecule has 0 radical (unpaired) electrons. The van der Waals surface area contributed by atoms with E-state index < -0.39 is 51.9 Å². The number of hydrogen-bond donors (Lipinski definition) is 3. The summed E-state index contributed by atoms with van der Waals surface area (Å²) in [6.07, 6.45) is -4.71. The van der Waals surface area contributed by atoms with E-state index in [2.05, 4.69) is 22.5 Å². The van der Waals surface area contributed by atoms with E-state index in [1.165, 1.54) is 24.3 Å². The van der Waals surface area contributed by atoms with Gasteiger partial charge in [0.15, 0.2) is 0 Å². The number of nitrogens with one attached hydrogen (secondary N) is 3. The molecule has 0 aromatic heterocycles. The highest BCUT2D eigenvalue weighted by molar-refractivity contribution is 6.32. The number of alkyl halides is 3. The number of anilines is 1. The van der Waals surface area contributed by atoms with Crippen LogP contribution in [0.3, 0.4) is 0 Å². The van der Waals surface area contributed by atoms with Gasteiger partial charge in [-0.25, -0.2) is 4.79 Å². The number of benzene rings is 2. The third kappa shape index (κ3) is 4.61. The molecule has 2 aromatic rings. The summed E-state index contributed by atoms with van der Waals surface area (Å²) in [5, 5.41) is 18.0. The highest BCUT2D eigenvalue weighted by atomic mass is 35.5. The highest BCUT2D eigenvalue weighted by Crippen LogP contribution is 2.37. The van der Waals surface area contributed by atoms with Gasteiger partial charge in [-0.2, -0.15) is 13.2 Å². The van der Waals surface area contributed by atoms with Gasteiger partial charge in [0.2, 0.25) is 5.91 Å². The van der Waals surface area contributed by atoms with Gasteiger partial charge < -0.3 is 16.0 Å². The van der Waals surface area contributed by atoms with Gasteiger partial charge in [0.25, 0.3) is 5.69 Å². The summed E-state index contributed by atoms with van der Waals surface area (Å²) in [6, 6.07) is 6.18. The Morgan fingerprint density at radius 3 is 2.55 bits per heavy atom. The van der Waals surface area contributed by atoms with Crippen LogP contribution in [0, 0.1) is 16.0 Å². The smallest absolute Gasteiger partial charge is 0.330 e. The fraction of sp³-hybridized carbons (Fsp3) is 0.158. The van der Waals surface area contributed by atoms with Gasteiger partial charge in [-0.15, -0.1) is 0 Å². The molecule has 1 fully saturated rings. The zero-order chi connectivity index (χ0) is 22.9. The Balaban J connectivity index is 1.99. The van der Waals surface area contributed by atoms with E-state index >= 15 is 0 Å². The van der Waals surface area contributed by atoms with Crippen molar-refractivity contribution in [2.75, 3.05) is 5.32 Å². The van der Waals surface area contributed by atoms with E-state index in [1.54, 1.807) is 0 Å². The maximum Gasteiger partial charge on any atom is 0.418 e. The van der Waals surface area contributed by atoms with Crippen molar-refractivity contribution in [1.82, 2.24) is 10.6 Å². The largest absolute Gasteiger partial charge is 0.418 e. The molecule has 1 saturated heterocycles. The van der Waals surface area contributed by atoms with Gasteiger partial charge in [-0.3, -0.25) is 14.9 Å². The van der Waals surface area contributed by atoms with E-state index in [0.29, 0.717) is 0 Å². The number of para-hydroxylation sites is 1. The Morgan fingerprint density at radius 2 is 1.90 bits per heavy atom. The second-order valence-electron chi connectivity index (χ2n) is 6.58. The molecule has 2 atom stereocenters. The average molecular weight is 455 g/mol. The van der Waals surface area contributed by atoms with Crippen LogP contribution in [0.2, 0.25) is 5.02 Å². The number of urea groups is 1. The first kappa shape index (κ1) is 22.1. The second kappa shape index (κ2) is 8.26. The molecule has 1 aliphatic rings. The van der Waals surface area contributed by atoms with Crippen LogP contribution >= 0.6 is 11.6 Å². The van der Waals surface area contributed by atoms with E-state index in [1.807, 2.05) is 0 Å². The molecule has 3 amide bonds. The molecular weight excluding hydrogens is 441 g/mol. The topological polar surface area (TPSA) is 113 Å². The number of carbonyl (C=O) groups excluding carboxylic acids is 2. The molecule has 3 N–H and O–H groups in total. The molecule has 0 spiro atoms. The molecule has 12 heteroatoms. The lowest BCUT2D eigenvalue weighted by atomic mass is 9.88. The Bertz CT molecular complexity index is 1090. The Kier molecular flexibility index (Phi) is 5.89. The normalized spacial score (nSPS) is 18.7. The van der Waals surface area contributed by atoms with Gasteiger partial charge in [-0.1, -0.05) is 36.4 Å². The molecule has 31 heavy (non-hydrogen) atoms. The third-order valence-electron chi connectivity index (χ3n) is 4.57. The Hall–Kier alpha value is -3.60. The van der Waals surface area contributed by atoms with Gasteiger partial charge >= 0.3 is 12.2 Å². The standard InChI is InChI=1S/C19H14ClF3N4O4/c1-9-15(17(28)25-13-5-3-2-4-11(13)19(21,22)23)16(26-18(29)24-9)10-6-7-12(20)14(8-10)27(30)31/h2-8,15-16H,1H2,(H,25,28)(H2,24,26,29)/t15-,16+/m0/s1. The third-order valence-corrected chi connectivity index (χ3v) is 4.89. The fourth-order valence-corrected chi connectivity index (χ4v) is 3.37. The quantitative estimate of drug-likeness (QED) is 0.469. The molecule has 1 heterocycles. The molecule has 3 rings (SSSR count). The van der Waals surface area contributed by atoms with Crippen LogP contribution in [0.25, 0.3) is 0 Å². The number of rotatable bonds is 4. The van der Waals surface area contributed by atoms with Crippen LogP contribution in [0.1, 0.15) is 17.2 Å². The van der Waals surface area contributed by atoms with Gasteiger partial charge in [0, 0.05) is 11.8 Å². The van der Waals surface area contributed by atoms with E-state index in [-0.39, 0.29) is 16.3 Å². The molecule has 0 unspecified atom stereocenters. The molecule has 2 aromatic carbocycles. The van der Waals surface area contributed by atoms with Crippen molar-refractivity contribution in [3.05, 3.63) is 81.0 Å². The number of carbonyl (C=O) groups is 2. The van der Waals surface area contributed by atoms with Crippen molar-refractivity contribution >= 4 is 34.9 Å². The van der Waals surface area contributed by atoms with Crippen LogP contribution in [-0.4, -0.2) is 16.9 Å². The lowest BCUT2D eigenvalue weighted by molar-refractivity contribution is -0.384. The molecule has 1 aliphatic heterocycles. The van der Waals surface area contributed by atoms with Crippen molar-refractivity contribution in [1.29, 1.82) is 0 Å². The van der Waals surface area contributed by atoms with Gasteiger partial charge in [-0.05, 0) is 23.8 Å².